The van der Waals surface area contributed by atoms with Crippen LogP contribution >= 0.6 is 0 Å². The minimum absolute atomic E-state index is 0.00968. The van der Waals surface area contributed by atoms with Crippen LogP contribution in [0.2, 0.25) is 0 Å². The van der Waals surface area contributed by atoms with E-state index in [2.05, 4.69) is 11.9 Å². The van der Waals surface area contributed by atoms with E-state index in [9.17, 15) is 4.39 Å². The lowest BCUT2D eigenvalue weighted by molar-refractivity contribution is 0.186. The Labute approximate surface area is 108 Å². The third kappa shape index (κ3) is 4.61. The zero-order chi connectivity index (χ0) is 13.4. The predicted octanol–water partition coefficient (Wildman–Crippen LogP) is 3.45. The number of unbranched alkanes of at least 4 members (excludes halogenated alkanes) is 3. The molecule has 0 aliphatic heterocycles. The molecule has 1 N–H and O–H groups in total. The molecule has 18 heavy (non-hydrogen) atoms. The highest BCUT2D eigenvalue weighted by molar-refractivity contribution is 5.22. The molecular weight excluding hydrogens is 233 g/mol. The van der Waals surface area contributed by atoms with E-state index >= 15 is 0 Å². The zero-order valence-corrected chi connectivity index (χ0v) is 11.2. The summed E-state index contributed by atoms with van der Waals surface area (Å²) in [5, 5.41) is 8.95. The molecule has 1 aromatic rings. The van der Waals surface area contributed by atoms with E-state index in [0.717, 1.165) is 12.8 Å². The largest absolute Gasteiger partial charge is 0.473 e. The van der Waals surface area contributed by atoms with E-state index in [1.165, 1.54) is 31.5 Å². The van der Waals surface area contributed by atoms with Crippen LogP contribution in [0.4, 0.5) is 4.39 Å². The van der Waals surface area contributed by atoms with Gasteiger partial charge in [0.05, 0.1) is 12.7 Å². The van der Waals surface area contributed by atoms with Crippen molar-refractivity contribution in [3.63, 3.8) is 0 Å². The quantitative estimate of drug-likeness (QED) is 0.723. The predicted molar refractivity (Wildman–Crippen MR) is 69.0 cm³/mol. The van der Waals surface area contributed by atoms with Gasteiger partial charge in [0.15, 0.2) is 5.82 Å². The molecule has 1 aromatic heterocycles. The van der Waals surface area contributed by atoms with Gasteiger partial charge in [0.25, 0.3) is 5.88 Å². The number of halogens is 1. The smallest absolute Gasteiger partial charge is 0.251 e. The van der Waals surface area contributed by atoms with Gasteiger partial charge in [0.2, 0.25) is 0 Å². The van der Waals surface area contributed by atoms with E-state index in [-0.39, 0.29) is 24.2 Å². The minimum Gasteiger partial charge on any atom is -0.473 e. The average Bonchev–Trinajstić information content (AvgIpc) is 2.37. The summed E-state index contributed by atoms with van der Waals surface area (Å²) in [6.45, 7) is 3.74. The van der Waals surface area contributed by atoms with Crippen molar-refractivity contribution < 1.29 is 14.2 Å². The Balaban J connectivity index is 2.46. The summed E-state index contributed by atoms with van der Waals surface area (Å²) in [5.74, 6) is -0.565. The van der Waals surface area contributed by atoms with Gasteiger partial charge in [-0.3, -0.25) is 0 Å². The SMILES string of the molecule is CCCCCCC(C)Oc1nccc(CO)c1F. The maximum absolute atomic E-state index is 13.7. The lowest BCUT2D eigenvalue weighted by Crippen LogP contribution is -2.14. The summed E-state index contributed by atoms with van der Waals surface area (Å²) in [5.41, 5.74) is 0.221. The summed E-state index contributed by atoms with van der Waals surface area (Å²) >= 11 is 0. The molecule has 4 heteroatoms. The molecule has 0 saturated heterocycles. The van der Waals surface area contributed by atoms with Gasteiger partial charge in [-0.1, -0.05) is 26.2 Å². The highest BCUT2D eigenvalue weighted by Crippen LogP contribution is 2.19. The van der Waals surface area contributed by atoms with E-state index in [4.69, 9.17) is 9.84 Å². The van der Waals surface area contributed by atoms with Crippen LogP contribution in [0.5, 0.6) is 5.88 Å². The number of aliphatic hydroxyl groups is 1. The van der Waals surface area contributed by atoms with Crippen molar-refractivity contribution in [3.05, 3.63) is 23.6 Å². The lowest BCUT2D eigenvalue weighted by Gasteiger charge is -2.14. The summed E-state index contributed by atoms with van der Waals surface area (Å²) in [6.07, 6.45) is 6.96. The van der Waals surface area contributed by atoms with E-state index in [1.807, 2.05) is 6.92 Å². The second-order valence-electron chi connectivity index (χ2n) is 4.53. The van der Waals surface area contributed by atoms with Crippen LogP contribution in [0.1, 0.15) is 51.5 Å². The topological polar surface area (TPSA) is 42.4 Å². The highest BCUT2D eigenvalue weighted by Gasteiger charge is 2.13. The van der Waals surface area contributed by atoms with Gasteiger partial charge < -0.3 is 9.84 Å². The normalized spacial score (nSPS) is 12.4. The zero-order valence-electron chi connectivity index (χ0n) is 11.2. The first-order valence-corrected chi connectivity index (χ1v) is 6.60. The second kappa shape index (κ2) is 8.03. The molecule has 0 aromatic carbocycles. The van der Waals surface area contributed by atoms with Crippen molar-refractivity contribution in [3.8, 4) is 5.88 Å². The fourth-order valence-electron chi connectivity index (χ4n) is 1.77. The number of hydrogen-bond acceptors (Lipinski definition) is 3. The first-order chi connectivity index (χ1) is 8.69. The Bertz CT molecular complexity index is 358. The Kier molecular flexibility index (Phi) is 6.65. The van der Waals surface area contributed by atoms with Crippen molar-refractivity contribution in [2.24, 2.45) is 0 Å². The Morgan fingerprint density at radius 3 is 2.83 bits per heavy atom. The van der Waals surface area contributed by atoms with Gasteiger partial charge >= 0.3 is 0 Å². The number of rotatable bonds is 8. The number of hydrogen-bond donors (Lipinski definition) is 1. The number of aliphatic hydroxyl groups excluding tert-OH is 1. The molecule has 0 fully saturated rings. The third-order valence-corrected chi connectivity index (χ3v) is 2.88. The lowest BCUT2D eigenvalue weighted by atomic mass is 10.1. The van der Waals surface area contributed by atoms with E-state index in [1.54, 1.807) is 0 Å². The monoisotopic (exact) mass is 255 g/mol. The van der Waals surface area contributed by atoms with Crippen molar-refractivity contribution in [2.75, 3.05) is 0 Å². The van der Waals surface area contributed by atoms with Crippen LogP contribution in [-0.2, 0) is 6.61 Å². The average molecular weight is 255 g/mol. The Hall–Kier alpha value is -1.16. The highest BCUT2D eigenvalue weighted by atomic mass is 19.1. The summed E-state index contributed by atoms with van der Waals surface area (Å²) < 4.78 is 19.2. The number of aromatic nitrogens is 1. The molecule has 1 atom stereocenters. The minimum atomic E-state index is -0.555. The molecule has 1 heterocycles. The summed E-state index contributed by atoms with van der Waals surface area (Å²) in [4.78, 5) is 3.86. The first-order valence-electron chi connectivity index (χ1n) is 6.60. The maximum atomic E-state index is 13.7. The van der Waals surface area contributed by atoms with Crippen molar-refractivity contribution in [1.82, 2.24) is 4.98 Å². The van der Waals surface area contributed by atoms with Crippen LogP contribution in [0.25, 0.3) is 0 Å². The summed E-state index contributed by atoms with van der Waals surface area (Å²) in [6, 6.07) is 1.45. The molecule has 1 rings (SSSR count). The molecule has 0 aliphatic carbocycles. The van der Waals surface area contributed by atoms with Crippen molar-refractivity contribution >= 4 is 0 Å². The molecular formula is C14H22FNO2. The molecule has 102 valence electrons. The standard InChI is InChI=1S/C14H22FNO2/c1-3-4-5-6-7-11(2)18-14-13(15)12(10-17)8-9-16-14/h8-9,11,17H,3-7,10H2,1-2H3. The fraction of sp³-hybridized carbons (Fsp3) is 0.643. The first kappa shape index (κ1) is 14.9. The van der Waals surface area contributed by atoms with Crippen molar-refractivity contribution in [2.45, 2.75) is 58.7 Å². The van der Waals surface area contributed by atoms with Crippen LogP contribution in [0.3, 0.4) is 0 Å². The van der Waals surface area contributed by atoms with Gasteiger partial charge in [0.1, 0.15) is 0 Å². The van der Waals surface area contributed by atoms with Gasteiger partial charge in [-0.05, 0) is 25.8 Å². The summed E-state index contributed by atoms with van der Waals surface area (Å²) in [7, 11) is 0. The number of pyridine rings is 1. The van der Waals surface area contributed by atoms with E-state index in [0.29, 0.717) is 0 Å². The fourth-order valence-corrected chi connectivity index (χ4v) is 1.77. The molecule has 0 saturated carbocycles. The van der Waals surface area contributed by atoms with Gasteiger partial charge in [-0.15, -0.1) is 0 Å². The van der Waals surface area contributed by atoms with Crippen LogP contribution in [0.15, 0.2) is 12.3 Å². The molecule has 0 amide bonds. The van der Waals surface area contributed by atoms with Crippen LogP contribution < -0.4 is 4.74 Å². The van der Waals surface area contributed by atoms with Gasteiger partial charge in [0, 0.05) is 11.8 Å². The Morgan fingerprint density at radius 1 is 1.39 bits per heavy atom. The van der Waals surface area contributed by atoms with Gasteiger partial charge in [-0.2, -0.15) is 0 Å². The second-order valence-corrected chi connectivity index (χ2v) is 4.53. The van der Waals surface area contributed by atoms with Gasteiger partial charge in [-0.25, -0.2) is 9.37 Å². The maximum Gasteiger partial charge on any atom is 0.251 e. The molecule has 1 unspecified atom stereocenters. The molecule has 0 spiro atoms. The number of nitrogens with zero attached hydrogens (tertiary/aromatic N) is 1. The third-order valence-electron chi connectivity index (χ3n) is 2.88. The molecule has 0 aliphatic rings. The molecule has 0 bridgehead atoms. The number of ether oxygens (including phenoxy) is 1. The van der Waals surface area contributed by atoms with Crippen LogP contribution in [-0.4, -0.2) is 16.2 Å². The molecule has 3 nitrogen and oxygen atoms in total. The van der Waals surface area contributed by atoms with Crippen molar-refractivity contribution in [1.29, 1.82) is 0 Å². The van der Waals surface area contributed by atoms with E-state index < -0.39 is 5.82 Å². The Morgan fingerprint density at radius 2 is 2.17 bits per heavy atom. The molecule has 0 radical (unpaired) electrons. The van der Waals surface area contributed by atoms with Crippen LogP contribution in [0, 0.1) is 5.82 Å².